The molecule has 4 nitrogen and oxygen atoms in total. The molecular weight excluding hydrogens is 248 g/mol. The van der Waals surface area contributed by atoms with Crippen LogP contribution < -0.4 is 10.2 Å². The van der Waals surface area contributed by atoms with Gasteiger partial charge in [-0.1, -0.05) is 6.07 Å². The summed E-state index contributed by atoms with van der Waals surface area (Å²) in [5.74, 6) is -0.283. The van der Waals surface area contributed by atoms with Crippen LogP contribution in [0, 0.1) is 5.92 Å². The Balaban J connectivity index is 2.18. The predicted octanol–water partition coefficient (Wildman–Crippen LogP) is 1.51. The topological polar surface area (TPSA) is 49.4 Å². The summed E-state index contributed by atoms with van der Waals surface area (Å²) in [6.45, 7) is 0.469. The fraction of sp³-hybridized carbons (Fsp3) is 0.385. The molecule has 1 atom stereocenters. The Labute approximate surface area is 111 Å². The summed E-state index contributed by atoms with van der Waals surface area (Å²) in [4.78, 5) is 26.3. The second kappa shape index (κ2) is 5.44. The van der Waals surface area contributed by atoms with E-state index in [2.05, 4.69) is 5.32 Å². The number of carbonyl (C=O) groups is 2. The van der Waals surface area contributed by atoms with Crippen LogP contribution in [-0.4, -0.2) is 31.7 Å². The van der Waals surface area contributed by atoms with Crippen molar-refractivity contribution in [1.82, 2.24) is 5.32 Å². The molecule has 2 rings (SSSR count). The van der Waals surface area contributed by atoms with Crippen LogP contribution in [-0.2, 0) is 9.59 Å². The molecule has 0 aromatic heterocycles. The SMILES string of the molecule is CNC(=O)C1CC(=O)N(c2cccc(SC)c2)C1. The van der Waals surface area contributed by atoms with Crippen molar-refractivity contribution in [2.24, 2.45) is 5.92 Å². The van der Waals surface area contributed by atoms with Crippen molar-refractivity contribution < 1.29 is 9.59 Å². The summed E-state index contributed by atoms with van der Waals surface area (Å²) in [6, 6.07) is 7.82. The standard InChI is InChI=1S/C13H16N2O2S/c1-14-13(17)9-6-12(16)15(8-9)10-4-3-5-11(7-10)18-2/h3-5,7,9H,6,8H2,1-2H3,(H,14,17). The van der Waals surface area contributed by atoms with Crippen LogP contribution in [0.5, 0.6) is 0 Å². The molecule has 18 heavy (non-hydrogen) atoms. The Bertz CT molecular complexity index is 476. The van der Waals surface area contributed by atoms with Crippen molar-refractivity contribution >= 4 is 29.3 Å². The van der Waals surface area contributed by atoms with Gasteiger partial charge in [-0.15, -0.1) is 11.8 Å². The van der Waals surface area contributed by atoms with Gasteiger partial charge in [-0.25, -0.2) is 0 Å². The van der Waals surface area contributed by atoms with Crippen molar-refractivity contribution in [2.45, 2.75) is 11.3 Å². The number of hydrogen-bond acceptors (Lipinski definition) is 3. The maximum atomic E-state index is 11.9. The molecule has 0 saturated carbocycles. The molecule has 1 aromatic carbocycles. The van der Waals surface area contributed by atoms with E-state index in [4.69, 9.17) is 0 Å². The first kappa shape index (κ1) is 13.0. The predicted molar refractivity (Wildman–Crippen MR) is 72.7 cm³/mol. The van der Waals surface area contributed by atoms with E-state index >= 15 is 0 Å². The number of amides is 2. The van der Waals surface area contributed by atoms with Gasteiger partial charge in [-0.05, 0) is 24.5 Å². The number of anilines is 1. The van der Waals surface area contributed by atoms with Crippen LogP contribution in [0.3, 0.4) is 0 Å². The highest BCUT2D eigenvalue weighted by atomic mass is 32.2. The third-order valence-corrected chi connectivity index (χ3v) is 3.83. The number of hydrogen-bond donors (Lipinski definition) is 1. The largest absolute Gasteiger partial charge is 0.359 e. The molecule has 1 saturated heterocycles. The van der Waals surface area contributed by atoms with Gasteiger partial charge in [0.05, 0.1) is 5.92 Å². The average molecular weight is 264 g/mol. The molecule has 1 aromatic rings. The van der Waals surface area contributed by atoms with Gasteiger partial charge in [-0.3, -0.25) is 9.59 Å². The first-order valence-electron chi connectivity index (χ1n) is 5.81. The maximum Gasteiger partial charge on any atom is 0.227 e. The van der Waals surface area contributed by atoms with Gasteiger partial charge in [0.2, 0.25) is 11.8 Å². The van der Waals surface area contributed by atoms with Crippen molar-refractivity contribution in [3.8, 4) is 0 Å². The lowest BCUT2D eigenvalue weighted by atomic mass is 10.1. The van der Waals surface area contributed by atoms with E-state index in [9.17, 15) is 9.59 Å². The van der Waals surface area contributed by atoms with E-state index in [0.29, 0.717) is 13.0 Å². The van der Waals surface area contributed by atoms with Crippen molar-refractivity contribution in [3.63, 3.8) is 0 Å². The Morgan fingerprint density at radius 2 is 2.28 bits per heavy atom. The number of rotatable bonds is 3. The van der Waals surface area contributed by atoms with E-state index in [-0.39, 0.29) is 17.7 Å². The average Bonchev–Trinajstić information content (AvgIpc) is 2.80. The zero-order valence-corrected chi connectivity index (χ0v) is 11.3. The molecule has 1 fully saturated rings. The lowest BCUT2D eigenvalue weighted by Gasteiger charge is -2.17. The van der Waals surface area contributed by atoms with Gasteiger partial charge >= 0.3 is 0 Å². The fourth-order valence-corrected chi connectivity index (χ4v) is 2.57. The molecule has 2 amide bonds. The normalized spacial score (nSPS) is 19.1. The van der Waals surface area contributed by atoms with Crippen LogP contribution in [0.15, 0.2) is 29.2 Å². The second-order valence-corrected chi connectivity index (χ2v) is 5.10. The van der Waals surface area contributed by atoms with Crippen LogP contribution in [0.2, 0.25) is 0 Å². The molecule has 1 unspecified atom stereocenters. The monoisotopic (exact) mass is 264 g/mol. The van der Waals surface area contributed by atoms with E-state index in [0.717, 1.165) is 10.6 Å². The first-order chi connectivity index (χ1) is 8.65. The van der Waals surface area contributed by atoms with Crippen molar-refractivity contribution in [1.29, 1.82) is 0 Å². The number of benzene rings is 1. The van der Waals surface area contributed by atoms with Gasteiger partial charge < -0.3 is 10.2 Å². The molecule has 0 spiro atoms. The minimum atomic E-state index is -0.236. The van der Waals surface area contributed by atoms with Gasteiger partial charge in [0, 0.05) is 30.6 Å². The van der Waals surface area contributed by atoms with E-state index in [1.807, 2.05) is 30.5 Å². The van der Waals surface area contributed by atoms with Crippen LogP contribution in [0.4, 0.5) is 5.69 Å². The summed E-state index contributed by atoms with van der Waals surface area (Å²) in [5.41, 5.74) is 0.873. The summed E-state index contributed by atoms with van der Waals surface area (Å²) < 4.78 is 0. The molecule has 1 heterocycles. The van der Waals surface area contributed by atoms with Crippen molar-refractivity contribution in [2.75, 3.05) is 24.7 Å². The van der Waals surface area contributed by atoms with Gasteiger partial charge in [0.1, 0.15) is 0 Å². The molecule has 1 aliphatic rings. The molecule has 1 N–H and O–H groups in total. The molecule has 0 bridgehead atoms. The number of nitrogens with one attached hydrogen (secondary N) is 1. The zero-order chi connectivity index (χ0) is 13.1. The molecule has 0 radical (unpaired) electrons. The first-order valence-corrected chi connectivity index (χ1v) is 7.04. The minimum absolute atomic E-state index is 0.0156. The Morgan fingerprint density at radius 1 is 1.50 bits per heavy atom. The van der Waals surface area contributed by atoms with Crippen LogP contribution >= 0.6 is 11.8 Å². The minimum Gasteiger partial charge on any atom is -0.359 e. The maximum absolute atomic E-state index is 11.9. The molecule has 96 valence electrons. The highest BCUT2D eigenvalue weighted by molar-refractivity contribution is 7.98. The van der Waals surface area contributed by atoms with Gasteiger partial charge in [-0.2, -0.15) is 0 Å². The van der Waals surface area contributed by atoms with Crippen molar-refractivity contribution in [3.05, 3.63) is 24.3 Å². The highest BCUT2D eigenvalue weighted by Gasteiger charge is 2.34. The van der Waals surface area contributed by atoms with Crippen LogP contribution in [0.25, 0.3) is 0 Å². The summed E-state index contributed by atoms with van der Waals surface area (Å²) in [5, 5.41) is 2.60. The van der Waals surface area contributed by atoms with Gasteiger partial charge in [0.25, 0.3) is 0 Å². The molecular formula is C13H16N2O2S. The van der Waals surface area contributed by atoms with E-state index < -0.39 is 0 Å². The second-order valence-electron chi connectivity index (χ2n) is 4.22. The number of nitrogens with zero attached hydrogens (tertiary/aromatic N) is 1. The lowest BCUT2D eigenvalue weighted by Crippen LogP contribution is -2.30. The Kier molecular flexibility index (Phi) is 3.91. The van der Waals surface area contributed by atoms with Gasteiger partial charge in [0.15, 0.2) is 0 Å². The highest BCUT2D eigenvalue weighted by Crippen LogP contribution is 2.28. The van der Waals surface area contributed by atoms with E-state index in [1.54, 1.807) is 23.7 Å². The van der Waals surface area contributed by atoms with Crippen LogP contribution in [0.1, 0.15) is 6.42 Å². The fourth-order valence-electron chi connectivity index (χ4n) is 2.12. The number of carbonyl (C=O) groups excluding carboxylic acids is 2. The third kappa shape index (κ3) is 2.51. The molecule has 1 aliphatic heterocycles. The lowest BCUT2D eigenvalue weighted by molar-refractivity contribution is -0.125. The Hall–Kier alpha value is -1.49. The molecule has 0 aliphatic carbocycles. The Morgan fingerprint density at radius 3 is 2.94 bits per heavy atom. The summed E-state index contributed by atoms with van der Waals surface area (Å²) in [7, 11) is 1.60. The molecule has 5 heteroatoms. The quantitative estimate of drug-likeness (QED) is 0.842. The van der Waals surface area contributed by atoms with E-state index in [1.165, 1.54) is 0 Å². The third-order valence-electron chi connectivity index (χ3n) is 3.11. The number of thioether (sulfide) groups is 1. The summed E-state index contributed by atoms with van der Waals surface area (Å²) in [6.07, 6.45) is 2.29. The summed E-state index contributed by atoms with van der Waals surface area (Å²) >= 11 is 1.64. The smallest absolute Gasteiger partial charge is 0.227 e. The zero-order valence-electron chi connectivity index (χ0n) is 10.5.